The maximum atomic E-state index is 11.4. The van der Waals surface area contributed by atoms with Crippen molar-refractivity contribution in [2.75, 3.05) is 32.7 Å². The van der Waals surface area contributed by atoms with E-state index in [9.17, 15) is 9.90 Å². The first-order valence-corrected chi connectivity index (χ1v) is 9.55. The van der Waals surface area contributed by atoms with E-state index in [0.29, 0.717) is 25.9 Å². The summed E-state index contributed by atoms with van der Waals surface area (Å²) < 4.78 is 0. The minimum absolute atomic E-state index is 0.120. The van der Waals surface area contributed by atoms with Gasteiger partial charge in [-0.2, -0.15) is 0 Å². The van der Waals surface area contributed by atoms with Gasteiger partial charge in [0.1, 0.15) is 0 Å². The molecular weight excluding hydrogens is 314 g/mol. The molecule has 2 aliphatic heterocycles. The number of carbonyl (C=O) groups is 1. The number of amides is 1. The summed E-state index contributed by atoms with van der Waals surface area (Å²) >= 11 is 0. The molecule has 0 saturated carbocycles. The van der Waals surface area contributed by atoms with Crippen LogP contribution in [0.15, 0.2) is 18.3 Å². The number of aromatic nitrogens is 1. The molecule has 2 saturated heterocycles. The Kier molecular flexibility index (Phi) is 5.74. The third-order valence-corrected chi connectivity index (χ3v) is 5.85. The Morgan fingerprint density at radius 2 is 1.96 bits per heavy atom. The van der Waals surface area contributed by atoms with Gasteiger partial charge in [-0.15, -0.1) is 0 Å². The number of carbonyl (C=O) groups excluding carboxylic acids is 1. The highest BCUT2D eigenvalue weighted by atomic mass is 16.3. The Morgan fingerprint density at radius 3 is 2.56 bits per heavy atom. The second-order valence-corrected chi connectivity index (χ2v) is 7.96. The summed E-state index contributed by atoms with van der Waals surface area (Å²) in [7, 11) is 0. The molecule has 0 spiro atoms. The quantitative estimate of drug-likeness (QED) is 0.907. The number of aryl methyl sites for hydroxylation is 1. The van der Waals surface area contributed by atoms with Crippen LogP contribution in [0.2, 0.25) is 0 Å². The van der Waals surface area contributed by atoms with Crippen LogP contribution in [-0.2, 0) is 11.2 Å². The zero-order valence-electron chi connectivity index (χ0n) is 15.6. The van der Waals surface area contributed by atoms with Crippen molar-refractivity contribution in [2.45, 2.75) is 51.6 Å². The van der Waals surface area contributed by atoms with E-state index >= 15 is 0 Å². The van der Waals surface area contributed by atoms with Gasteiger partial charge < -0.3 is 14.9 Å². The van der Waals surface area contributed by atoms with E-state index in [-0.39, 0.29) is 5.91 Å². The maximum absolute atomic E-state index is 11.4. The number of likely N-dealkylation sites (tertiary alicyclic amines) is 2. The van der Waals surface area contributed by atoms with Crippen LogP contribution in [0, 0.1) is 12.8 Å². The second kappa shape index (κ2) is 7.83. The van der Waals surface area contributed by atoms with Crippen LogP contribution in [-0.4, -0.2) is 64.1 Å². The lowest BCUT2D eigenvalue weighted by atomic mass is 9.87. The number of rotatable bonds is 4. The van der Waals surface area contributed by atoms with E-state index < -0.39 is 5.60 Å². The van der Waals surface area contributed by atoms with Crippen molar-refractivity contribution in [3.8, 4) is 0 Å². The predicted octanol–water partition coefficient (Wildman–Crippen LogP) is 2.02. The summed E-state index contributed by atoms with van der Waals surface area (Å²) in [5.41, 5.74) is 1.86. The molecule has 0 unspecified atom stereocenters. The highest BCUT2D eigenvalue weighted by Crippen LogP contribution is 2.27. The molecule has 3 rings (SSSR count). The van der Waals surface area contributed by atoms with Gasteiger partial charge in [0, 0.05) is 38.4 Å². The minimum Gasteiger partial charge on any atom is -0.388 e. The lowest BCUT2D eigenvalue weighted by Crippen LogP contribution is -2.53. The Morgan fingerprint density at radius 1 is 1.28 bits per heavy atom. The van der Waals surface area contributed by atoms with E-state index in [1.807, 2.05) is 18.0 Å². The number of hydrogen-bond donors (Lipinski definition) is 1. The first-order valence-electron chi connectivity index (χ1n) is 9.55. The third kappa shape index (κ3) is 5.02. The number of aliphatic hydroxyl groups is 1. The Balaban J connectivity index is 1.44. The van der Waals surface area contributed by atoms with Crippen molar-refractivity contribution in [1.82, 2.24) is 14.8 Å². The molecule has 1 amide bonds. The average Bonchev–Trinajstić information content (AvgIpc) is 2.57. The van der Waals surface area contributed by atoms with Gasteiger partial charge in [-0.25, -0.2) is 0 Å². The average molecular weight is 345 g/mol. The zero-order chi connectivity index (χ0) is 17.9. The number of hydrogen-bond acceptors (Lipinski definition) is 4. The Bertz CT molecular complexity index is 588. The van der Waals surface area contributed by atoms with Crippen LogP contribution in [0.3, 0.4) is 0 Å². The lowest BCUT2D eigenvalue weighted by Gasteiger charge is -2.42. The summed E-state index contributed by atoms with van der Waals surface area (Å²) in [6.07, 6.45) is 6.82. The summed E-state index contributed by atoms with van der Waals surface area (Å²) in [5.74, 6) is 0.849. The monoisotopic (exact) mass is 345 g/mol. The van der Waals surface area contributed by atoms with Crippen LogP contribution in [0.5, 0.6) is 0 Å². The van der Waals surface area contributed by atoms with Gasteiger partial charge in [0.25, 0.3) is 0 Å². The van der Waals surface area contributed by atoms with Crippen molar-refractivity contribution in [3.63, 3.8) is 0 Å². The molecule has 2 fully saturated rings. The van der Waals surface area contributed by atoms with E-state index in [4.69, 9.17) is 0 Å². The number of β-amino-alcohol motifs (C(OH)–C–C–N with tert-alkyl or cyclic N) is 1. The van der Waals surface area contributed by atoms with Crippen LogP contribution >= 0.6 is 0 Å². The molecule has 0 radical (unpaired) electrons. The summed E-state index contributed by atoms with van der Waals surface area (Å²) in [6, 6.07) is 4.32. The van der Waals surface area contributed by atoms with E-state index in [1.54, 1.807) is 6.92 Å². The van der Waals surface area contributed by atoms with Crippen LogP contribution in [0.4, 0.5) is 0 Å². The van der Waals surface area contributed by atoms with Gasteiger partial charge in [-0.05, 0) is 75.7 Å². The lowest BCUT2D eigenvalue weighted by molar-refractivity contribution is -0.133. The molecule has 0 aromatic carbocycles. The summed E-state index contributed by atoms with van der Waals surface area (Å²) in [6.45, 7) is 7.90. The first-order chi connectivity index (χ1) is 11.9. The highest BCUT2D eigenvalue weighted by molar-refractivity contribution is 5.73. The van der Waals surface area contributed by atoms with Gasteiger partial charge in [-0.3, -0.25) is 9.78 Å². The standard InChI is InChI=1S/C20H31N3O2/c1-16-13-19(3-8-21-16)14-18-4-9-22(10-5-18)15-20(25)6-11-23(12-7-20)17(2)24/h3,8,13,18,25H,4-7,9-12,14-15H2,1-2H3. The molecule has 5 heteroatoms. The van der Waals surface area contributed by atoms with Crippen molar-refractivity contribution in [2.24, 2.45) is 5.92 Å². The fourth-order valence-corrected chi connectivity index (χ4v) is 4.23. The molecule has 1 aromatic rings. The number of nitrogens with zero attached hydrogens (tertiary/aromatic N) is 3. The highest BCUT2D eigenvalue weighted by Gasteiger charge is 2.35. The summed E-state index contributed by atoms with van der Waals surface area (Å²) in [4.78, 5) is 20.0. The Hall–Kier alpha value is -1.46. The van der Waals surface area contributed by atoms with Crippen molar-refractivity contribution in [1.29, 1.82) is 0 Å². The van der Waals surface area contributed by atoms with Crippen molar-refractivity contribution in [3.05, 3.63) is 29.6 Å². The molecule has 138 valence electrons. The molecule has 0 bridgehead atoms. The normalized spacial score (nSPS) is 22.1. The van der Waals surface area contributed by atoms with Crippen LogP contribution < -0.4 is 0 Å². The largest absolute Gasteiger partial charge is 0.388 e. The first kappa shape index (κ1) is 18.3. The van der Waals surface area contributed by atoms with Gasteiger partial charge in [0.2, 0.25) is 5.91 Å². The SMILES string of the molecule is CC(=O)N1CCC(O)(CN2CCC(Cc3ccnc(C)c3)CC2)CC1. The van der Waals surface area contributed by atoms with E-state index in [2.05, 4.69) is 22.0 Å². The molecule has 2 aliphatic rings. The smallest absolute Gasteiger partial charge is 0.219 e. The molecule has 25 heavy (non-hydrogen) atoms. The van der Waals surface area contributed by atoms with Crippen molar-refractivity contribution < 1.29 is 9.90 Å². The van der Waals surface area contributed by atoms with Gasteiger partial charge >= 0.3 is 0 Å². The molecule has 0 aliphatic carbocycles. The van der Waals surface area contributed by atoms with E-state index in [0.717, 1.165) is 37.7 Å². The fraction of sp³-hybridized carbons (Fsp3) is 0.700. The molecule has 1 aromatic heterocycles. The van der Waals surface area contributed by atoms with Crippen molar-refractivity contribution >= 4 is 5.91 Å². The Labute approximate surface area is 151 Å². The predicted molar refractivity (Wildman–Crippen MR) is 98.3 cm³/mol. The van der Waals surface area contributed by atoms with Crippen LogP contribution in [0.1, 0.15) is 43.9 Å². The van der Waals surface area contributed by atoms with Gasteiger partial charge in [0.05, 0.1) is 5.60 Å². The van der Waals surface area contributed by atoms with Gasteiger partial charge in [-0.1, -0.05) is 0 Å². The molecule has 3 heterocycles. The molecule has 0 atom stereocenters. The summed E-state index contributed by atoms with van der Waals surface area (Å²) in [5, 5.41) is 10.9. The maximum Gasteiger partial charge on any atom is 0.219 e. The van der Waals surface area contributed by atoms with E-state index in [1.165, 1.54) is 18.4 Å². The number of pyridine rings is 1. The zero-order valence-corrected chi connectivity index (χ0v) is 15.6. The van der Waals surface area contributed by atoms with Gasteiger partial charge in [0.15, 0.2) is 0 Å². The third-order valence-electron chi connectivity index (χ3n) is 5.85. The molecular formula is C20H31N3O2. The topological polar surface area (TPSA) is 56.7 Å². The van der Waals surface area contributed by atoms with Crippen LogP contribution in [0.25, 0.3) is 0 Å². The minimum atomic E-state index is -0.624. The number of piperidine rings is 2. The molecule has 5 nitrogen and oxygen atoms in total. The molecule has 1 N–H and O–H groups in total. The second-order valence-electron chi connectivity index (χ2n) is 7.96. The fourth-order valence-electron chi connectivity index (χ4n) is 4.23.